The number of halogens is 3. The third kappa shape index (κ3) is 3.59. The van der Waals surface area contributed by atoms with Gasteiger partial charge in [0.1, 0.15) is 0 Å². The molecule has 5 heteroatoms. The van der Waals surface area contributed by atoms with Gasteiger partial charge in [0.2, 0.25) is 0 Å². The molecular weight excluding hydrogens is 393 g/mol. The fourth-order valence-corrected chi connectivity index (χ4v) is 2.57. The summed E-state index contributed by atoms with van der Waals surface area (Å²) >= 11 is 12.7. The molecule has 0 bridgehead atoms. The van der Waals surface area contributed by atoms with Gasteiger partial charge in [-0.15, -0.1) is 0 Å². The van der Waals surface area contributed by atoms with Gasteiger partial charge in [-0.3, -0.25) is 4.79 Å². The lowest BCUT2D eigenvalue weighted by atomic mass is 10.2. The Balaban J connectivity index is 2.23. The lowest BCUT2D eigenvalue weighted by molar-refractivity contribution is 0.102. The number of aryl methyl sites for hydroxylation is 1. The van der Waals surface area contributed by atoms with Crippen LogP contribution < -0.4 is 5.32 Å². The van der Waals surface area contributed by atoms with Crippen molar-refractivity contribution in [3.05, 3.63) is 61.5 Å². The van der Waals surface area contributed by atoms with Crippen LogP contribution in [0, 0.1) is 6.92 Å². The van der Waals surface area contributed by atoms with Gasteiger partial charge in [-0.05, 0) is 74.7 Å². The minimum absolute atomic E-state index is 0.195. The van der Waals surface area contributed by atoms with Crippen molar-refractivity contribution in [3.63, 3.8) is 0 Å². The second kappa shape index (κ2) is 6.07. The van der Waals surface area contributed by atoms with Crippen LogP contribution in [0.25, 0.3) is 0 Å². The predicted molar refractivity (Wildman–Crippen MR) is 86.0 cm³/mol. The standard InChI is InChI=1S/C14H10Br2ClNO/c1-8-2-5-13(11(16)6-8)18-14(19)9-3-4-10(15)12(17)7-9/h2-7H,1H3,(H,18,19). The summed E-state index contributed by atoms with van der Waals surface area (Å²) in [6, 6.07) is 10.8. The van der Waals surface area contributed by atoms with Crippen molar-refractivity contribution >= 4 is 55.1 Å². The zero-order valence-electron chi connectivity index (χ0n) is 10.0. The number of benzene rings is 2. The van der Waals surface area contributed by atoms with E-state index in [-0.39, 0.29) is 5.91 Å². The lowest BCUT2D eigenvalue weighted by Crippen LogP contribution is -2.12. The Morgan fingerprint density at radius 3 is 2.47 bits per heavy atom. The molecule has 0 saturated carbocycles. The molecule has 0 saturated heterocycles. The fourth-order valence-electron chi connectivity index (χ4n) is 1.55. The van der Waals surface area contributed by atoms with Crippen molar-refractivity contribution in [1.29, 1.82) is 0 Å². The van der Waals surface area contributed by atoms with Crippen LogP contribution in [0.2, 0.25) is 5.02 Å². The summed E-state index contributed by atoms with van der Waals surface area (Å²) in [6.45, 7) is 1.99. The molecule has 0 fully saturated rings. The molecule has 0 aliphatic rings. The van der Waals surface area contributed by atoms with E-state index in [1.165, 1.54) is 0 Å². The maximum Gasteiger partial charge on any atom is 0.255 e. The molecule has 0 unspecified atom stereocenters. The minimum Gasteiger partial charge on any atom is -0.321 e. The van der Waals surface area contributed by atoms with Gasteiger partial charge < -0.3 is 5.32 Å². The van der Waals surface area contributed by atoms with E-state index in [9.17, 15) is 4.79 Å². The molecule has 0 radical (unpaired) electrons. The number of anilines is 1. The molecule has 2 aromatic carbocycles. The van der Waals surface area contributed by atoms with E-state index < -0.39 is 0 Å². The van der Waals surface area contributed by atoms with Crippen LogP contribution >= 0.6 is 43.5 Å². The van der Waals surface area contributed by atoms with Gasteiger partial charge in [0.05, 0.1) is 10.7 Å². The van der Waals surface area contributed by atoms with E-state index in [0.717, 1.165) is 20.2 Å². The molecule has 0 aliphatic carbocycles. The SMILES string of the molecule is Cc1ccc(NC(=O)c2ccc(Br)c(Cl)c2)c(Br)c1. The van der Waals surface area contributed by atoms with E-state index in [2.05, 4.69) is 37.2 Å². The second-order valence-electron chi connectivity index (χ2n) is 4.07. The van der Waals surface area contributed by atoms with Crippen LogP contribution in [0.4, 0.5) is 5.69 Å². The third-order valence-corrected chi connectivity index (χ3v) is 4.44. The van der Waals surface area contributed by atoms with E-state index in [1.54, 1.807) is 18.2 Å². The molecule has 0 heterocycles. The third-order valence-electron chi connectivity index (χ3n) is 2.55. The number of carbonyl (C=O) groups is 1. The van der Waals surface area contributed by atoms with Crippen LogP contribution in [0.1, 0.15) is 15.9 Å². The van der Waals surface area contributed by atoms with Crippen LogP contribution in [0.3, 0.4) is 0 Å². The topological polar surface area (TPSA) is 29.1 Å². The smallest absolute Gasteiger partial charge is 0.255 e. The summed E-state index contributed by atoms with van der Waals surface area (Å²) in [6.07, 6.45) is 0. The molecule has 1 amide bonds. The Morgan fingerprint density at radius 2 is 1.84 bits per heavy atom. The average molecular weight is 404 g/mol. The van der Waals surface area contributed by atoms with Gasteiger partial charge in [0.25, 0.3) is 5.91 Å². The summed E-state index contributed by atoms with van der Waals surface area (Å²) < 4.78 is 1.62. The average Bonchev–Trinajstić information content (AvgIpc) is 2.36. The van der Waals surface area contributed by atoms with Crippen LogP contribution in [-0.4, -0.2) is 5.91 Å². The quantitative estimate of drug-likeness (QED) is 0.712. The van der Waals surface area contributed by atoms with Gasteiger partial charge in [0.15, 0.2) is 0 Å². The first kappa shape index (κ1) is 14.6. The first-order chi connectivity index (χ1) is 8.97. The zero-order chi connectivity index (χ0) is 14.0. The normalized spacial score (nSPS) is 10.3. The van der Waals surface area contributed by atoms with E-state index >= 15 is 0 Å². The van der Waals surface area contributed by atoms with Gasteiger partial charge in [-0.2, -0.15) is 0 Å². The van der Waals surface area contributed by atoms with Crippen LogP contribution in [0.5, 0.6) is 0 Å². The first-order valence-electron chi connectivity index (χ1n) is 5.50. The molecule has 0 aromatic heterocycles. The van der Waals surface area contributed by atoms with Crippen molar-refractivity contribution in [2.45, 2.75) is 6.92 Å². The first-order valence-corrected chi connectivity index (χ1v) is 7.46. The molecule has 2 nitrogen and oxygen atoms in total. The van der Waals surface area contributed by atoms with Crippen molar-refractivity contribution in [3.8, 4) is 0 Å². The summed E-state index contributed by atoms with van der Waals surface area (Å²) in [5, 5.41) is 3.35. The van der Waals surface area contributed by atoms with E-state index in [0.29, 0.717) is 10.6 Å². The Labute approximate surface area is 133 Å². The van der Waals surface area contributed by atoms with Crippen molar-refractivity contribution in [1.82, 2.24) is 0 Å². The highest BCUT2D eigenvalue weighted by atomic mass is 79.9. The maximum atomic E-state index is 12.1. The predicted octanol–water partition coefficient (Wildman–Crippen LogP) is 5.43. The summed E-state index contributed by atoms with van der Waals surface area (Å²) in [4.78, 5) is 12.1. The fraction of sp³-hybridized carbons (Fsp3) is 0.0714. The van der Waals surface area contributed by atoms with E-state index in [1.807, 2.05) is 25.1 Å². The Morgan fingerprint density at radius 1 is 1.11 bits per heavy atom. The molecule has 2 aromatic rings. The van der Waals surface area contributed by atoms with Gasteiger partial charge in [0, 0.05) is 14.5 Å². The molecule has 0 atom stereocenters. The molecule has 0 aliphatic heterocycles. The number of hydrogen-bond donors (Lipinski definition) is 1. The second-order valence-corrected chi connectivity index (χ2v) is 6.18. The number of amides is 1. The molecule has 98 valence electrons. The largest absolute Gasteiger partial charge is 0.321 e. The zero-order valence-corrected chi connectivity index (χ0v) is 13.9. The highest BCUT2D eigenvalue weighted by Crippen LogP contribution is 2.26. The maximum absolute atomic E-state index is 12.1. The Hall–Kier alpha value is -0.840. The monoisotopic (exact) mass is 401 g/mol. The Kier molecular flexibility index (Phi) is 4.66. The number of rotatable bonds is 2. The molecule has 0 spiro atoms. The minimum atomic E-state index is -0.195. The summed E-state index contributed by atoms with van der Waals surface area (Å²) in [5.74, 6) is -0.195. The van der Waals surface area contributed by atoms with E-state index in [4.69, 9.17) is 11.6 Å². The van der Waals surface area contributed by atoms with Gasteiger partial charge >= 0.3 is 0 Å². The molecular formula is C14H10Br2ClNO. The van der Waals surface area contributed by atoms with Crippen molar-refractivity contribution in [2.75, 3.05) is 5.32 Å². The Bertz CT molecular complexity index is 643. The van der Waals surface area contributed by atoms with Gasteiger partial charge in [-0.1, -0.05) is 17.7 Å². The number of carbonyl (C=O) groups excluding carboxylic acids is 1. The van der Waals surface area contributed by atoms with Crippen molar-refractivity contribution < 1.29 is 4.79 Å². The molecule has 19 heavy (non-hydrogen) atoms. The highest BCUT2D eigenvalue weighted by molar-refractivity contribution is 9.11. The van der Waals surface area contributed by atoms with Crippen molar-refractivity contribution in [2.24, 2.45) is 0 Å². The molecule has 2 rings (SSSR count). The number of nitrogens with one attached hydrogen (secondary N) is 1. The highest BCUT2D eigenvalue weighted by Gasteiger charge is 2.10. The van der Waals surface area contributed by atoms with Crippen LogP contribution in [-0.2, 0) is 0 Å². The van der Waals surface area contributed by atoms with Crippen LogP contribution in [0.15, 0.2) is 45.3 Å². The lowest BCUT2D eigenvalue weighted by Gasteiger charge is -2.08. The number of hydrogen-bond acceptors (Lipinski definition) is 1. The summed E-state index contributed by atoms with van der Waals surface area (Å²) in [5.41, 5.74) is 2.37. The summed E-state index contributed by atoms with van der Waals surface area (Å²) in [7, 11) is 0. The molecule has 1 N–H and O–H groups in total. The van der Waals surface area contributed by atoms with Gasteiger partial charge in [-0.25, -0.2) is 0 Å².